The van der Waals surface area contributed by atoms with E-state index in [0.29, 0.717) is 11.3 Å². The number of hydrogen-bond acceptors (Lipinski definition) is 5. The van der Waals surface area contributed by atoms with Crippen molar-refractivity contribution >= 4 is 5.91 Å². The van der Waals surface area contributed by atoms with E-state index in [0.717, 1.165) is 44.7 Å². The first-order chi connectivity index (χ1) is 16.1. The van der Waals surface area contributed by atoms with Gasteiger partial charge in [0.2, 0.25) is 0 Å². The van der Waals surface area contributed by atoms with Gasteiger partial charge in [0.25, 0.3) is 5.91 Å². The molecule has 1 aliphatic heterocycles. The van der Waals surface area contributed by atoms with Crippen LogP contribution in [-0.4, -0.2) is 45.8 Å². The summed E-state index contributed by atoms with van der Waals surface area (Å²) in [5.41, 5.74) is 3.93. The minimum atomic E-state index is -0.175. The van der Waals surface area contributed by atoms with Crippen molar-refractivity contribution in [2.45, 2.75) is 45.8 Å². The Morgan fingerprint density at radius 3 is 2.79 bits per heavy atom. The second kappa shape index (κ2) is 10.6. The third-order valence-corrected chi connectivity index (χ3v) is 6.56. The molecule has 0 radical (unpaired) electrons. The molecule has 4 rings (SSSR count). The first-order valence-corrected chi connectivity index (χ1v) is 11.7. The van der Waals surface area contributed by atoms with Crippen LogP contribution in [0.15, 0.2) is 54.9 Å². The van der Waals surface area contributed by atoms with Crippen molar-refractivity contribution in [1.29, 1.82) is 0 Å². The molecule has 1 fully saturated rings. The molecule has 1 saturated heterocycles. The van der Waals surface area contributed by atoms with Gasteiger partial charge < -0.3 is 10.1 Å². The second-order valence-corrected chi connectivity index (χ2v) is 8.61. The summed E-state index contributed by atoms with van der Waals surface area (Å²) in [7, 11) is 1.59. The molecule has 1 amide bonds. The first-order valence-electron chi connectivity index (χ1n) is 11.7. The number of rotatable bonds is 8. The molecule has 3 heterocycles. The number of methoxy groups -OCH3 is 1. The summed E-state index contributed by atoms with van der Waals surface area (Å²) < 4.78 is 7.46. The van der Waals surface area contributed by atoms with Crippen LogP contribution in [0, 0.1) is 12.8 Å². The van der Waals surface area contributed by atoms with Gasteiger partial charge in [0, 0.05) is 37.1 Å². The van der Waals surface area contributed by atoms with E-state index in [1.54, 1.807) is 19.4 Å². The Bertz CT molecular complexity index is 1070. The fourth-order valence-electron chi connectivity index (χ4n) is 4.75. The normalized spacial score (nSPS) is 17.5. The van der Waals surface area contributed by atoms with Crippen molar-refractivity contribution < 1.29 is 9.53 Å². The lowest BCUT2D eigenvalue weighted by Crippen LogP contribution is -2.43. The number of carbonyl (C=O) groups excluding carboxylic acids is 1. The van der Waals surface area contributed by atoms with Gasteiger partial charge in [-0.1, -0.05) is 18.2 Å². The van der Waals surface area contributed by atoms with Crippen molar-refractivity contribution in [2.75, 3.05) is 20.2 Å². The van der Waals surface area contributed by atoms with Gasteiger partial charge in [-0.15, -0.1) is 0 Å². The number of para-hydroxylation sites is 1. The predicted octanol–water partition coefficient (Wildman–Crippen LogP) is 4.00. The van der Waals surface area contributed by atoms with Crippen molar-refractivity contribution in [3.8, 4) is 5.75 Å². The molecule has 3 aromatic rings. The lowest BCUT2D eigenvalue weighted by molar-refractivity contribution is 0.0872. The zero-order valence-corrected chi connectivity index (χ0v) is 19.7. The summed E-state index contributed by atoms with van der Waals surface area (Å²) in [6.45, 7) is 7.94. The van der Waals surface area contributed by atoms with Crippen LogP contribution in [0.1, 0.15) is 53.1 Å². The Kier molecular flexibility index (Phi) is 7.40. The van der Waals surface area contributed by atoms with Crippen LogP contribution in [0.3, 0.4) is 0 Å². The number of likely N-dealkylation sites (tertiary alicyclic amines) is 1. The summed E-state index contributed by atoms with van der Waals surface area (Å²) >= 11 is 0. The third-order valence-electron chi connectivity index (χ3n) is 6.56. The topological polar surface area (TPSA) is 72.3 Å². The molecule has 0 saturated carbocycles. The van der Waals surface area contributed by atoms with E-state index < -0.39 is 0 Å². The number of nitrogens with one attached hydrogen (secondary N) is 1. The van der Waals surface area contributed by atoms with Crippen molar-refractivity contribution in [1.82, 2.24) is 25.0 Å². The van der Waals surface area contributed by atoms with Crippen LogP contribution >= 0.6 is 0 Å². The zero-order chi connectivity index (χ0) is 23.2. The highest BCUT2D eigenvalue weighted by molar-refractivity contribution is 5.97. The second-order valence-electron chi connectivity index (χ2n) is 8.61. The molecule has 0 aliphatic carbocycles. The SMILES string of the molecule is CCn1ncc(CN2CCC[C@H]([C@H](NC(=O)c3ccccc3OC)c3ccccn3)C2)c1C. The molecular weight excluding hydrogens is 414 g/mol. The maximum Gasteiger partial charge on any atom is 0.255 e. The number of carbonyl (C=O) groups is 1. The highest BCUT2D eigenvalue weighted by atomic mass is 16.5. The lowest BCUT2D eigenvalue weighted by Gasteiger charge is -2.37. The number of piperidine rings is 1. The third kappa shape index (κ3) is 5.25. The molecule has 33 heavy (non-hydrogen) atoms. The molecule has 0 unspecified atom stereocenters. The molecule has 0 spiro atoms. The fraction of sp³-hybridized carbons (Fsp3) is 0.423. The molecule has 1 aromatic carbocycles. The minimum absolute atomic E-state index is 0.139. The van der Waals surface area contributed by atoms with Gasteiger partial charge in [-0.25, -0.2) is 0 Å². The molecule has 0 bridgehead atoms. The van der Waals surface area contributed by atoms with Gasteiger partial charge in [0.15, 0.2) is 0 Å². The quantitative estimate of drug-likeness (QED) is 0.565. The number of ether oxygens (including phenoxy) is 1. The summed E-state index contributed by atoms with van der Waals surface area (Å²) in [5, 5.41) is 7.78. The Morgan fingerprint density at radius 2 is 2.06 bits per heavy atom. The Hall–Kier alpha value is -3.19. The van der Waals surface area contributed by atoms with Crippen LogP contribution in [0.5, 0.6) is 5.75 Å². The summed E-state index contributed by atoms with van der Waals surface area (Å²) in [6.07, 6.45) is 5.90. The smallest absolute Gasteiger partial charge is 0.255 e. The number of benzene rings is 1. The van der Waals surface area contributed by atoms with Crippen LogP contribution in [0.4, 0.5) is 0 Å². The molecule has 2 aromatic heterocycles. The molecule has 7 nitrogen and oxygen atoms in total. The van der Waals surface area contributed by atoms with E-state index in [2.05, 4.69) is 34.1 Å². The van der Waals surface area contributed by atoms with Crippen LogP contribution in [-0.2, 0) is 13.1 Å². The summed E-state index contributed by atoms with van der Waals surface area (Å²) in [4.78, 5) is 20.3. The fourth-order valence-corrected chi connectivity index (χ4v) is 4.75. The van der Waals surface area contributed by atoms with E-state index in [1.165, 1.54) is 11.3 Å². The van der Waals surface area contributed by atoms with E-state index in [-0.39, 0.29) is 17.9 Å². The maximum absolute atomic E-state index is 13.3. The van der Waals surface area contributed by atoms with Crippen molar-refractivity contribution in [2.24, 2.45) is 5.92 Å². The molecule has 174 valence electrons. The van der Waals surface area contributed by atoms with Crippen LogP contribution in [0.25, 0.3) is 0 Å². The van der Waals surface area contributed by atoms with Gasteiger partial charge in [-0.05, 0) is 63.4 Å². The summed E-state index contributed by atoms with van der Waals surface area (Å²) in [6, 6.07) is 13.0. The lowest BCUT2D eigenvalue weighted by atomic mass is 9.88. The zero-order valence-electron chi connectivity index (χ0n) is 19.7. The van der Waals surface area contributed by atoms with Crippen LogP contribution < -0.4 is 10.1 Å². The highest BCUT2D eigenvalue weighted by Gasteiger charge is 2.31. The first kappa shape index (κ1) is 23.0. The molecular formula is C26H33N5O2. The number of nitrogens with zero attached hydrogens (tertiary/aromatic N) is 4. The number of aryl methyl sites for hydroxylation is 1. The Balaban J connectivity index is 1.54. The van der Waals surface area contributed by atoms with Crippen molar-refractivity contribution in [3.63, 3.8) is 0 Å². The largest absolute Gasteiger partial charge is 0.496 e. The van der Waals surface area contributed by atoms with Gasteiger partial charge in [-0.3, -0.25) is 19.4 Å². The molecule has 7 heteroatoms. The van der Waals surface area contributed by atoms with E-state index >= 15 is 0 Å². The van der Waals surface area contributed by atoms with Gasteiger partial charge in [0.05, 0.1) is 30.6 Å². The van der Waals surface area contributed by atoms with Crippen LogP contribution in [0.2, 0.25) is 0 Å². The predicted molar refractivity (Wildman–Crippen MR) is 128 cm³/mol. The van der Waals surface area contributed by atoms with E-state index in [4.69, 9.17) is 4.74 Å². The molecule has 2 atom stereocenters. The Morgan fingerprint density at radius 1 is 1.24 bits per heavy atom. The van der Waals surface area contributed by atoms with Gasteiger partial charge >= 0.3 is 0 Å². The monoisotopic (exact) mass is 447 g/mol. The molecule has 1 N–H and O–H groups in total. The highest BCUT2D eigenvalue weighted by Crippen LogP contribution is 2.31. The van der Waals surface area contributed by atoms with E-state index in [1.807, 2.05) is 47.3 Å². The van der Waals surface area contributed by atoms with E-state index in [9.17, 15) is 4.79 Å². The average molecular weight is 448 g/mol. The van der Waals surface area contributed by atoms with Crippen molar-refractivity contribution in [3.05, 3.63) is 77.4 Å². The van der Waals surface area contributed by atoms with Gasteiger partial charge in [0.1, 0.15) is 5.75 Å². The van der Waals surface area contributed by atoms with Gasteiger partial charge in [-0.2, -0.15) is 5.10 Å². The Labute approximate surface area is 195 Å². The number of hydrogen-bond donors (Lipinski definition) is 1. The average Bonchev–Trinajstić information content (AvgIpc) is 3.21. The number of pyridine rings is 1. The number of amides is 1. The standard InChI is InChI=1S/C26H33N5O2/c1-4-31-19(2)21(16-28-31)18-30-15-9-10-20(17-30)25(23-12-7-8-14-27-23)29-26(32)22-11-5-6-13-24(22)33-3/h5-8,11-14,16,20,25H,4,9-10,15,17-18H2,1-3H3,(H,29,32)/t20-,25-/m0/s1. The minimum Gasteiger partial charge on any atom is -0.496 e. The molecule has 1 aliphatic rings. The maximum atomic E-state index is 13.3. The summed E-state index contributed by atoms with van der Waals surface area (Å²) in [5.74, 6) is 0.692. The number of aromatic nitrogens is 3.